The van der Waals surface area contributed by atoms with Crippen LogP contribution in [0.1, 0.15) is 0 Å². The van der Waals surface area contributed by atoms with Crippen LogP contribution in [0.25, 0.3) is 33.4 Å². The minimum atomic E-state index is -0.554. The van der Waals surface area contributed by atoms with Crippen molar-refractivity contribution in [3.63, 3.8) is 0 Å². The molecule has 0 radical (unpaired) electrons. The number of nitrogens with two attached hydrogens (primary N) is 1. The predicted molar refractivity (Wildman–Crippen MR) is 98.7 cm³/mol. The fraction of sp³-hybridized carbons (Fsp3) is 0.105. The van der Waals surface area contributed by atoms with Gasteiger partial charge in [-0.05, 0) is 40.8 Å². The lowest BCUT2D eigenvalue weighted by Gasteiger charge is -2.15. The Kier molecular flexibility index (Phi) is 3.21. The Bertz CT molecular complexity index is 1200. The van der Waals surface area contributed by atoms with Crippen LogP contribution in [0.5, 0.6) is 0 Å². The van der Waals surface area contributed by atoms with Gasteiger partial charge in [-0.2, -0.15) is 4.98 Å². The van der Waals surface area contributed by atoms with Crippen molar-refractivity contribution in [1.82, 2.24) is 14.1 Å². The summed E-state index contributed by atoms with van der Waals surface area (Å²) in [5.41, 5.74) is 8.95. The molecule has 2 aromatic rings. The van der Waals surface area contributed by atoms with Gasteiger partial charge in [0, 0.05) is 25.3 Å². The summed E-state index contributed by atoms with van der Waals surface area (Å²) < 4.78 is 2.81. The molecular weight excluding hydrogens is 316 g/mol. The molecule has 25 heavy (non-hydrogen) atoms. The van der Waals surface area contributed by atoms with Gasteiger partial charge in [-0.3, -0.25) is 9.36 Å². The van der Waals surface area contributed by atoms with Crippen LogP contribution >= 0.6 is 0 Å². The average Bonchev–Trinajstić information content (AvgIpc) is 2.62. The third-order valence-corrected chi connectivity index (χ3v) is 4.52. The molecule has 0 spiro atoms. The van der Waals surface area contributed by atoms with E-state index in [1.165, 1.54) is 7.05 Å². The molecule has 0 saturated heterocycles. The first-order chi connectivity index (χ1) is 12.0. The Labute approximate surface area is 143 Å². The van der Waals surface area contributed by atoms with Gasteiger partial charge in [0.25, 0.3) is 5.56 Å². The molecule has 0 amide bonds. The van der Waals surface area contributed by atoms with Crippen molar-refractivity contribution in [3.8, 4) is 22.5 Å². The summed E-state index contributed by atoms with van der Waals surface area (Å²) in [6.07, 6.45) is 0. The average molecular weight is 332 g/mol. The van der Waals surface area contributed by atoms with Crippen molar-refractivity contribution in [3.05, 3.63) is 69.4 Å². The zero-order valence-electron chi connectivity index (χ0n) is 13.9. The van der Waals surface area contributed by atoms with Crippen LogP contribution in [0.2, 0.25) is 0 Å². The number of hydrogen-bond acceptors (Lipinski definition) is 4. The Morgan fingerprint density at radius 2 is 1.56 bits per heavy atom. The summed E-state index contributed by atoms with van der Waals surface area (Å²) in [7, 11) is 3.24. The Morgan fingerprint density at radius 1 is 0.880 bits per heavy atom. The van der Waals surface area contributed by atoms with Crippen LogP contribution in [0.3, 0.4) is 0 Å². The molecule has 0 unspecified atom stereocenters. The van der Waals surface area contributed by atoms with Crippen LogP contribution in [-0.4, -0.2) is 14.1 Å². The molecule has 0 bridgehead atoms. The lowest BCUT2D eigenvalue weighted by atomic mass is 10.0. The minimum absolute atomic E-state index is 0.338. The van der Waals surface area contributed by atoms with E-state index in [-0.39, 0.29) is 5.56 Å². The standard InChI is InChI=1S/C19H16N4O2/c1-22-16-10-12(11-5-7-14(20)8-6-11)3-4-13(16)9-15-17(22)21-19(25)23(2)18(15)24/h3-10H,20H2,1-2H3. The number of benzene rings is 2. The number of nitrogens with zero attached hydrogens (tertiary/aromatic N) is 3. The maximum atomic E-state index is 12.4. The molecule has 0 aromatic heterocycles. The molecule has 2 aromatic carbocycles. The second kappa shape index (κ2) is 5.31. The molecule has 2 N–H and O–H groups in total. The smallest absolute Gasteiger partial charge is 0.352 e. The fourth-order valence-corrected chi connectivity index (χ4v) is 3.05. The van der Waals surface area contributed by atoms with Crippen LogP contribution in [0.4, 0.5) is 5.69 Å². The van der Waals surface area contributed by atoms with Crippen LogP contribution in [-0.2, 0) is 14.1 Å². The molecule has 2 heterocycles. The molecule has 6 heteroatoms. The third kappa shape index (κ3) is 2.30. The largest absolute Gasteiger partial charge is 0.399 e. The lowest BCUT2D eigenvalue weighted by Crippen LogP contribution is -2.35. The number of aromatic nitrogens is 3. The number of anilines is 1. The molecule has 2 aliphatic heterocycles. The van der Waals surface area contributed by atoms with Crippen molar-refractivity contribution in [2.24, 2.45) is 14.1 Å². The van der Waals surface area contributed by atoms with Gasteiger partial charge in [-0.1, -0.05) is 24.3 Å². The van der Waals surface area contributed by atoms with Gasteiger partial charge in [-0.25, -0.2) is 4.79 Å². The van der Waals surface area contributed by atoms with E-state index in [0.717, 1.165) is 26.6 Å². The van der Waals surface area contributed by atoms with E-state index >= 15 is 0 Å². The maximum absolute atomic E-state index is 12.4. The van der Waals surface area contributed by atoms with Crippen molar-refractivity contribution in [2.75, 3.05) is 5.73 Å². The monoisotopic (exact) mass is 332 g/mol. The SMILES string of the molecule is Cn1c(=O)nc2n(C)c3cc(-c4ccc(N)cc4)ccc3cc-2c1=O. The van der Waals surface area contributed by atoms with Gasteiger partial charge in [0.1, 0.15) is 0 Å². The number of rotatable bonds is 1. The van der Waals surface area contributed by atoms with E-state index in [2.05, 4.69) is 4.98 Å². The number of nitrogen functional groups attached to an aromatic ring is 1. The Morgan fingerprint density at radius 3 is 2.28 bits per heavy atom. The highest BCUT2D eigenvalue weighted by Gasteiger charge is 2.17. The van der Waals surface area contributed by atoms with Gasteiger partial charge >= 0.3 is 5.69 Å². The molecule has 2 aliphatic rings. The molecule has 6 nitrogen and oxygen atoms in total. The minimum Gasteiger partial charge on any atom is -0.399 e. The summed E-state index contributed by atoms with van der Waals surface area (Å²) in [5.74, 6) is 0.384. The number of hydrogen-bond donors (Lipinski definition) is 1. The third-order valence-electron chi connectivity index (χ3n) is 4.52. The second-order valence-electron chi connectivity index (χ2n) is 6.09. The predicted octanol–water partition coefficient (Wildman–Crippen LogP) is 1.99. The Balaban J connectivity index is 2.04. The van der Waals surface area contributed by atoms with Crippen molar-refractivity contribution in [2.45, 2.75) is 0 Å². The van der Waals surface area contributed by atoms with Gasteiger partial charge in [0.05, 0.1) is 5.56 Å². The molecule has 0 saturated carbocycles. The quantitative estimate of drug-likeness (QED) is 0.427. The lowest BCUT2D eigenvalue weighted by molar-refractivity contribution is 0.757. The van der Waals surface area contributed by atoms with Gasteiger partial charge in [0.15, 0.2) is 5.82 Å². The molecule has 0 fully saturated rings. The summed E-state index contributed by atoms with van der Waals surface area (Å²) in [5, 5.41) is 0.909. The highest BCUT2D eigenvalue weighted by molar-refractivity contribution is 5.89. The van der Waals surface area contributed by atoms with E-state index < -0.39 is 5.69 Å². The molecule has 124 valence electrons. The maximum Gasteiger partial charge on any atom is 0.352 e. The summed E-state index contributed by atoms with van der Waals surface area (Å²) in [4.78, 5) is 28.3. The zero-order chi connectivity index (χ0) is 17.7. The molecule has 0 atom stereocenters. The van der Waals surface area contributed by atoms with E-state index in [0.29, 0.717) is 17.1 Å². The number of fused-ring (bicyclic) bond motifs is 2. The van der Waals surface area contributed by atoms with Gasteiger partial charge in [-0.15, -0.1) is 0 Å². The highest BCUT2D eigenvalue weighted by Crippen LogP contribution is 2.28. The molecule has 4 rings (SSSR count). The summed E-state index contributed by atoms with van der Waals surface area (Å²) >= 11 is 0. The first kappa shape index (κ1) is 15.1. The molecule has 0 aliphatic carbocycles. The second-order valence-corrected chi connectivity index (χ2v) is 6.09. The van der Waals surface area contributed by atoms with E-state index in [1.54, 1.807) is 10.6 Å². The summed E-state index contributed by atoms with van der Waals surface area (Å²) in [6.45, 7) is 0. The normalized spacial score (nSPS) is 11.3. The Hall–Kier alpha value is -3.41. The first-order valence-electron chi connectivity index (χ1n) is 7.82. The van der Waals surface area contributed by atoms with Crippen LogP contribution in [0, 0.1) is 0 Å². The van der Waals surface area contributed by atoms with Crippen LogP contribution < -0.4 is 17.0 Å². The number of pyridine rings is 1. The van der Waals surface area contributed by atoms with Gasteiger partial charge in [0.2, 0.25) is 0 Å². The van der Waals surface area contributed by atoms with E-state index in [9.17, 15) is 9.59 Å². The van der Waals surface area contributed by atoms with Crippen molar-refractivity contribution < 1.29 is 0 Å². The topological polar surface area (TPSA) is 82.9 Å². The number of aryl methyl sites for hydroxylation is 1. The highest BCUT2D eigenvalue weighted by atomic mass is 16.2. The summed E-state index contributed by atoms with van der Waals surface area (Å²) in [6, 6.07) is 15.4. The first-order valence-corrected chi connectivity index (χ1v) is 7.82. The zero-order valence-corrected chi connectivity index (χ0v) is 13.9. The van der Waals surface area contributed by atoms with Gasteiger partial charge < -0.3 is 10.3 Å². The van der Waals surface area contributed by atoms with Crippen molar-refractivity contribution >= 4 is 16.6 Å². The fourth-order valence-electron chi connectivity index (χ4n) is 3.05. The van der Waals surface area contributed by atoms with E-state index in [1.807, 2.05) is 49.5 Å². The van der Waals surface area contributed by atoms with E-state index in [4.69, 9.17) is 5.73 Å². The van der Waals surface area contributed by atoms with Crippen molar-refractivity contribution in [1.29, 1.82) is 0 Å². The van der Waals surface area contributed by atoms with Crippen LogP contribution in [0.15, 0.2) is 58.1 Å². The molecular formula is C19H16N4O2.